The lowest BCUT2D eigenvalue weighted by atomic mass is 10.0. The van der Waals surface area contributed by atoms with Gasteiger partial charge in [0.15, 0.2) is 0 Å². The van der Waals surface area contributed by atoms with Crippen molar-refractivity contribution in [2.24, 2.45) is 5.92 Å². The van der Waals surface area contributed by atoms with Crippen LogP contribution in [0.4, 0.5) is 5.69 Å². The van der Waals surface area contributed by atoms with Crippen LogP contribution in [-0.4, -0.2) is 51.1 Å². The molecule has 1 aromatic heterocycles. The van der Waals surface area contributed by atoms with Crippen LogP contribution >= 0.6 is 0 Å². The summed E-state index contributed by atoms with van der Waals surface area (Å²) < 4.78 is 32.2. The van der Waals surface area contributed by atoms with Crippen LogP contribution in [-0.2, 0) is 14.8 Å². The maximum atomic E-state index is 12.7. The van der Waals surface area contributed by atoms with Gasteiger partial charge in [0.25, 0.3) is 0 Å². The third-order valence-corrected chi connectivity index (χ3v) is 5.46. The highest BCUT2D eigenvalue weighted by Gasteiger charge is 2.27. The third-order valence-electron chi connectivity index (χ3n) is 3.61. The fraction of sp³-hybridized carbons (Fsp3) is 0.643. The minimum atomic E-state index is -3.54. The normalized spacial score (nSPS) is 19.7. The number of aromatic nitrogens is 1. The van der Waals surface area contributed by atoms with E-state index >= 15 is 0 Å². The van der Waals surface area contributed by atoms with Crippen LogP contribution in [0.1, 0.15) is 19.8 Å². The zero-order chi connectivity index (χ0) is 15.3. The molecule has 118 valence electrons. The van der Waals surface area contributed by atoms with Crippen molar-refractivity contribution in [3.05, 3.63) is 18.5 Å². The SMILES string of the molecule is CCNc1ccncc1S(=O)(=O)N(C)CC1CCCOC1. The average molecular weight is 313 g/mol. The van der Waals surface area contributed by atoms with E-state index in [-0.39, 0.29) is 10.8 Å². The quantitative estimate of drug-likeness (QED) is 0.863. The maximum Gasteiger partial charge on any atom is 0.246 e. The van der Waals surface area contributed by atoms with Crippen molar-refractivity contribution in [2.75, 3.05) is 38.7 Å². The summed E-state index contributed by atoms with van der Waals surface area (Å²) in [6.45, 7) is 4.47. The molecule has 0 aliphatic carbocycles. The number of ether oxygens (including phenoxy) is 1. The zero-order valence-corrected chi connectivity index (χ0v) is 13.4. The van der Waals surface area contributed by atoms with Crippen molar-refractivity contribution in [1.29, 1.82) is 0 Å². The topological polar surface area (TPSA) is 71.5 Å². The van der Waals surface area contributed by atoms with Crippen LogP contribution in [0, 0.1) is 5.92 Å². The summed E-state index contributed by atoms with van der Waals surface area (Å²) in [5.74, 6) is 0.262. The van der Waals surface area contributed by atoms with E-state index < -0.39 is 10.0 Å². The summed E-state index contributed by atoms with van der Waals surface area (Å²) in [5, 5.41) is 3.07. The summed E-state index contributed by atoms with van der Waals surface area (Å²) in [6.07, 6.45) is 4.99. The number of sulfonamides is 1. The molecule has 0 amide bonds. The van der Waals surface area contributed by atoms with Crippen molar-refractivity contribution in [2.45, 2.75) is 24.7 Å². The first-order chi connectivity index (χ1) is 10.1. The highest BCUT2D eigenvalue weighted by molar-refractivity contribution is 7.89. The lowest BCUT2D eigenvalue weighted by molar-refractivity contribution is 0.0495. The molecule has 1 aromatic rings. The van der Waals surface area contributed by atoms with E-state index in [0.717, 1.165) is 19.4 Å². The Hall–Kier alpha value is -1.18. The second kappa shape index (κ2) is 7.20. The van der Waals surface area contributed by atoms with Gasteiger partial charge in [0.1, 0.15) is 4.90 Å². The molecule has 1 N–H and O–H groups in total. The molecule has 1 fully saturated rings. The van der Waals surface area contributed by atoms with Crippen molar-refractivity contribution in [3.63, 3.8) is 0 Å². The molecular weight excluding hydrogens is 290 g/mol. The largest absolute Gasteiger partial charge is 0.384 e. The Labute approximate surface area is 126 Å². The maximum absolute atomic E-state index is 12.7. The molecule has 2 rings (SSSR count). The highest BCUT2D eigenvalue weighted by atomic mass is 32.2. The van der Waals surface area contributed by atoms with Gasteiger partial charge < -0.3 is 10.1 Å². The van der Waals surface area contributed by atoms with E-state index in [1.807, 2.05) is 6.92 Å². The van der Waals surface area contributed by atoms with Gasteiger partial charge in [-0.1, -0.05) is 0 Å². The first kappa shape index (κ1) is 16.2. The number of anilines is 1. The van der Waals surface area contributed by atoms with Crippen LogP contribution < -0.4 is 5.32 Å². The molecule has 1 atom stereocenters. The minimum Gasteiger partial charge on any atom is -0.384 e. The van der Waals surface area contributed by atoms with Gasteiger partial charge >= 0.3 is 0 Å². The molecule has 0 spiro atoms. The Balaban J connectivity index is 2.16. The Morgan fingerprint density at radius 1 is 1.52 bits per heavy atom. The molecule has 1 aliphatic rings. The molecule has 1 saturated heterocycles. The summed E-state index contributed by atoms with van der Waals surface area (Å²) in [6, 6.07) is 1.69. The molecule has 6 nitrogen and oxygen atoms in total. The van der Waals surface area contributed by atoms with Gasteiger partial charge in [-0.2, -0.15) is 0 Å². The van der Waals surface area contributed by atoms with Gasteiger partial charge in [-0.3, -0.25) is 4.98 Å². The van der Waals surface area contributed by atoms with E-state index in [2.05, 4.69) is 10.3 Å². The summed E-state index contributed by atoms with van der Waals surface area (Å²) in [4.78, 5) is 4.18. The van der Waals surface area contributed by atoms with Crippen LogP contribution in [0.5, 0.6) is 0 Å². The number of nitrogens with zero attached hydrogens (tertiary/aromatic N) is 2. The van der Waals surface area contributed by atoms with E-state index in [1.165, 1.54) is 10.5 Å². The summed E-state index contributed by atoms with van der Waals surface area (Å²) in [7, 11) is -1.92. The highest BCUT2D eigenvalue weighted by Crippen LogP contribution is 2.24. The van der Waals surface area contributed by atoms with E-state index in [9.17, 15) is 8.42 Å². The summed E-state index contributed by atoms with van der Waals surface area (Å²) >= 11 is 0. The van der Waals surface area contributed by atoms with Crippen molar-refractivity contribution < 1.29 is 13.2 Å². The summed E-state index contributed by atoms with van der Waals surface area (Å²) in [5.41, 5.74) is 0.597. The molecular formula is C14H23N3O3S. The van der Waals surface area contributed by atoms with Crippen LogP contribution in [0.2, 0.25) is 0 Å². The molecule has 1 aliphatic heterocycles. The Morgan fingerprint density at radius 3 is 3.00 bits per heavy atom. The predicted octanol–water partition coefficient (Wildman–Crippen LogP) is 1.56. The first-order valence-corrected chi connectivity index (χ1v) is 8.71. The van der Waals surface area contributed by atoms with Gasteiger partial charge in [-0.15, -0.1) is 0 Å². The van der Waals surface area contributed by atoms with Gasteiger partial charge in [-0.05, 0) is 31.7 Å². The van der Waals surface area contributed by atoms with Crippen molar-refractivity contribution in [3.8, 4) is 0 Å². The lowest BCUT2D eigenvalue weighted by Crippen LogP contribution is -2.35. The second-order valence-corrected chi connectivity index (χ2v) is 7.28. The van der Waals surface area contributed by atoms with Gasteiger partial charge in [-0.25, -0.2) is 12.7 Å². The van der Waals surface area contributed by atoms with E-state index in [0.29, 0.717) is 25.4 Å². The Morgan fingerprint density at radius 2 is 2.33 bits per heavy atom. The molecule has 0 saturated carbocycles. The number of hydrogen-bond donors (Lipinski definition) is 1. The van der Waals surface area contributed by atoms with Crippen LogP contribution in [0.25, 0.3) is 0 Å². The standard InChI is InChI=1S/C14H23N3O3S/c1-3-16-13-6-7-15-9-14(13)21(18,19)17(2)10-12-5-4-8-20-11-12/h6-7,9,12H,3-5,8,10-11H2,1-2H3,(H,15,16). The van der Waals surface area contributed by atoms with Gasteiger partial charge in [0.05, 0.1) is 12.3 Å². The van der Waals surface area contributed by atoms with Gasteiger partial charge in [0, 0.05) is 39.1 Å². The Bertz CT molecular complexity index is 556. The number of nitrogens with one attached hydrogen (secondary N) is 1. The number of rotatable bonds is 6. The van der Waals surface area contributed by atoms with Crippen molar-refractivity contribution >= 4 is 15.7 Å². The number of hydrogen-bond acceptors (Lipinski definition) is 5. The number of pyridine rings is 1. The van der Waals surface area contributed by atoms with E-state index in [1.54, 1.807) is 19.3 Å². The molecule has 7 heteroatoms. The van der Waals surface area contributed by atoms with E-state index in [4.69, 9.17) is 4.74 Å². The van der Waals surface area contributed by atoms with Gasteiger partial charge in [0.2, 0.25) is 10.0 Å². The Kier molecular flexibility index (Phi) is 5.55. The van der Waals surface area contributed by atoms with Crippen molar-refractivity contribution in [1.82, 2.24) is 9.29 Å². The van der Waals surface area contributed by atoms with Crippen LogP contribution in [0.15, 0.2) is 23.4 Å². The molecule has 21 heavy (non-hydrogen) atoms. The molecule has 0 aromatic carbocycles. The molecule has 2 heterocycles. The monoisotopic (exact) mass is 313 g/mol. The molecule has 0 bridgehead atoms. The fourth-order valence-electron chi connectivity index (χ4n) is 2.50. The smallest absolute Gasteiger partial charge is 0.246 e. The lowest BCUT2D eigenvalue weighted by Gasteiger charge is -2.27. The average Bonchev–Trinajstić information content (AvgIpc) is 2.49. The zero-order valence-electron chi connectivity index (χ0n) is 12.6. The minimum absolute atomic E-state index is 0.228. The third kappa shape index (κ3) is 3.93. The van der Waals surface area contributed by atoms with Crippen LogP contribution in [0.3, 0.4) is 0 Å². The first-order valence-electron chi connectivity index (χ1n) is 7.27. The predicted molar refractivity (Wildman–Crippen MR) is 81.8 cm³/mol. The molecule has 1 unspecified atom stereocenters. The molecule has 0 radical (unpaired) electrons. The second-order valence-electron chi connectivity index (χ2n) is 5.27. The fourth-order valence-corrected chi connectivity index (χ4v) is 3.86.